The lowest BCUT2D eigenvalue weighted by atomic mass is 10.2. The topological polar surface area (TPSA) is 26.0 Å². The van der Waals surface area contributed by atoms with E-state index in [0.717, 1.165) is 10.5 Å². The third kappa shape index (κ3) is 2.87. The summed E-state index contributed by atoms with van der Waals surface area (Å²) in [4.78, 5) is 1.42. The van der Waals surface area contributed by atoms with Gasteiger partial charge in [0.25, 0.3) is 0 Å². The summed E-state index contributed by atoms with van der Waals surface area (Å²) in [5.41, 5.74) is 6.42. The van der Waals surface area contributed by atoms with Crippen LogP contribution in [-0.4, -0.2) is 10.2 Å². The number of thioether (sulfide) groups is 1. The van der Waals surface area contributed by atoms with Crippen LogP contribution in [0.2, 0.25) is 5.02 Å². The summed E-state index contributed by atoms with van der Waals surface area (Å²) in [5.74, 6) is 0. The second kappa shape index (κ2) is 5.01. The van der Waals surface area contributed by atoms with Gasteiger partial charge in [-0.15, -0.1) is 11.8 Å². The number of thiocarbonyl (C=S) groups is 1. The molecule has 76 valence electrons. The average Bonchev–Trinajstić information content (AvgIpc) is 2.01. The van der Waals surface area contributed by atoms with Crippen LogP contribution in [0.4, 0.5) is 0 Å². The van der Waals surface area contributed by atoms with Crippen molar-refractivity contribution in [3.8, 4) is 0 Å². The Morgan fingerprint density at radius 3 is 2.64 bits per heavy atom. The van der Waals surface area contributed by atoms with Gasteiger partial charge >= 0.3 is 0 Å². The Kier molecular flexibility index (Phi) is 4.23. The average molecular weight is 246 g/mol. The maximum atomic E-state index is 6.03. The molecule has 0 bridgehead atoms. The van der Waals surface area contributed by atoms with Crippen LogP contribution in [0.3, 0.4) is 0 Å². The van der Waals surface area contributed by atoms with E-state index < -0.39 is 0 Å². The molecule has 1 aromatic carbocycles. The van der Waals surface area contributed by atoms with Gasteiger partial charge in [0.2, 0.25) is 0 Å². The van der Waals surface area contributed by atoms with E-state index in [9.17, 15) is 0 Å². The van der Waals surface area contributed by atoms with E-state index in [2.05, 4.69) is 13.8 Å². The van der Waals surface area contributed by atoms with Gasteiger partial charge in [0, 0.05) is 15.7 Å². The summed E-state index contributed by atoms with van der Waals surface area (Å²) < 4.78 is 0. The molecule has 14 heavy (non-hydrogen) atoms. The lowest BCUT2D eigenvalue weighted by Crippen LogP contribution is -2.11. The summed E-state index contributed by atoms with van der Waals surface area (Å²) in [7, 11) is 0. The highest BCUT2D eigenvalue weighted by Gasteiger charge is 2.10. The van der Waals surface area contributed by atoms with Crippen LogP contribution in [0.1, 0.15) is 19.4 Å². The van der Waals surface area contributed by atoms with E-state index in [-0.39, 0.29) is 0 Å². The first-order valence-electron chi connectivity index (χ1n) is 4.27. The Balaban J connectivity index is 3.14. The normalized spacial score (nSPS) is 10.6. The molecule has 1 rings (SSSR count). The van der Waals surface area contributed by atoms with Gasteiger partial charge in [0.1, 0.15) is 4.99 Å². The number of nitrogens with two attached hydrogens (primary N) is 1. The molecule has 0 aliphatic carbocycles. The first kappa shape index (κ1) is 11.8. The van der Waals surface area contributed by atoms with Crippen molar-refractivity contribution in [2.24, 2.45) is 5.73 Å². The van der Waals surface area contributed by atoms with Crippen molar-refractivity contribution in [1.82, 2.24) is 0 Å². The second-order valence-corrected chi connectivity index (χ2v) is 5.61. The molecule has 0 unspecified atom stereocenters. The molecule has 0 aliphatic rings. The molecule has 0 aromatic heterocycles. The van der Waals surface area contributed by atoms with Crippen molar-refractivity contribution >= 4 is 40.6 Å². The Hall–Kier alpha value is -0.250. The molecule has 0 heterocycles. The van der Waals surface area contributed by atoms with Crippen LogP contribution < -0.4 is 5.73 Å². The van der Waals surface area contributed by atoms with E-state index in [1.165, 1.54) is 0 Å². The molecule has 1 nitrogen and oxygen atoms in total. The fourth-order valence-electron chi connectivity index (χ4n) is 1.10. The minimum absolute atomic E-state index is 0.360. The zero-order chi connectivity index (χ0) is 10.7. The molecule has 4 heteroatoms. The number of rotatable bonds is 3. The highest BCUT2D eigenvalue weighted by molar-refractivity contribution is 8.00. The molecule has 0 saturated heterocycles. The zero-order valence-corrected chi connectivity index (χ0v) is 10.5. The number of hydrogen-bond donors (Lipinski definition) is 1. The third-order valence-corrected chi connectivity index (χ3v) is 3.17. The third-order valence-electron chi connectivity index (χ3n) is 1.58. The monoisotopic (exact) mass is 245 g/mol. The van der Waals surface area contributed by atoms with Crippen molar-refractivity contribution in [2.75, 3.05) is 0 Å². The minimum atomic E-state index is 0.360. The van der Waals surface area contributed by atoms with Gasteiger partial charge in [-0.2, -0.15) is 0 Å². The van der Waals surface area contributed by atoms with Gasteiger partial charge in [0.05, 0.1) is 5.02 Å². The maximum absolute atomic E-state index is 6.03. The molecule has 0 saturated carbocycles. The van der Waals surface area contributed by atoms with Crippen molar-refractivity contribution in [3.05, 3.63) is 28.8 Å². The Morgan fingerprint density at radius 2 is 2.14 bits per heavy atom. The molecule has 0 spiro atoms. The number of hydrogen-bond acceptors (Lipinski definition) is 2. The first-order chi connectivity index (χ1) is 6.52. The fourth-order valence-corrected chi connectivity index (χ4v) is 2.77. The van der Waals surface area contributed by atoms with Crippen LogP contribution >= 0.6 is 35.6 Å². The standard InChI is InChI=1S/C10H12ClNS2/c1-6(2)14-8-5-3-4-7(11)9(8)10(12)13/h3-6H,1-2H3,(H2,12,13). The van der Waals surface area contributed by atoms with Crippen molar-refractivity contribution in [1.29, 1.82) is 0 Å². The van der Waals surface area contributed by atoms with Gasteiger partial charge in [-0.25, -0.2) is 0 Å². The van der Waals surface area contributed by atoms with Gasteiger partial charge < -0.3 is 5.73 Å². The zero-order valence-electron chi connectivity index (χ0n) is 8.08. The Labute approximate surface area is 99.0 Å². The first-order valence-corrected chi connectivity index (χ1v) is 5.94. The summed E-state index contributed by atoms with van der Waals surface area (Å²) >= 11 is 12.7. The predicted molar refractivity (Wildman–Crippen MR) is 68.3 cm³/mol. The van der Waals surface area contributed by atoms with Crippen LogP contribution in [0.15, 0.2) is 23.1 Å². The number of halogens is 1. The molecular formula is C10H12ClNS2. The number of benzene rings is 1. The summed E-state index contributed by atoms with van der Waals surface area (Å²) in [6.07, 6.45) is 0. The summed E-state index contributed by atoms with van der Waals surface area (Å²) in [6.45, 7) is 4.24. The van der Waals surface area contributed by atoms with Crippen molar-refractivity contribution in [2.45, 2.75) is 24.0 Å². The van der Waals surface area contributed by atoms with E-state index in [0.29, 0.717) is 15.3 Å². The lowest BCUT2D eigenvalue weighted by Gasteiger charge is -2.11. The highest BCUT2D eigenvalue weighted by atomic mass is 35.5. The molecule has 1 aromatic rings. The van der Waals surface area contributed by atoms with E-state index >= 15 is 0 Å². The molecule has 0 aliphatic heterocycles. The molecule has 0 radical (unpaired) electrons. The largest absolute Gasteiger partial charge is 0.389 e. The van der Waals surface area contributed by atoms with Gasteiger partial charge in [-0.3, -0.25) is 0 Å². The van der Waals surface area contributed by atoms with Gasteiger partial charge in [-0.05, 0) is 12.1 Å². The molecule has 0 amide bonds. The summed E-state index contributed by atoms with van der Waals surface area (Å²) in [5, 5.41) is 1.12. The van der Waals surface area contributed by atoms with Crippen LogP contribution in [-0.2, 0) is 0 Å². The Morgan fingerprint density at radius 1 is 1.50 bits per heavy atom. The van der Waals surface area contributed by atoms with Crippen LogP contribution in [0.25, 0.3) is 0 Å². The smallest absolute Gasteiger partial charge is 0.106 e. The quantitative estimate of drug-likeness (QED) is 0.652. The molecule has 2 N–H and O–H groups in total. The van der Waals surface area contributed by atoms with Crippen LogP contribution in [0, 0.1) is 0 Å². The maximum Gasteiger partial charge on any atom is 0.106 e. The van der Waals surface area contributed by atoms with Crippen molar-refractivity contribution in [3.63, 3.8) is 0 Å². The lowest BCUT2D eigenvalue weighted by molar-refractivity contribution is 1.11. The second-order valence-electron chi connectivity index (χ2n) is 3.14. The van der Waals surface area contributed by atoms with Gasteiger partial charge in [0.15, 0.2) is 0 Å². The SMILES string of the molecule is CC(C)Sc1cccc(Cl)c1C(N)=S. The molecule has 0 fully saturated rings. The van der Waals surface area contributed by atoms with Crippen LogP contribution in [0.5, 0.6) is 0 Å². The highest BCUT2D eigenvalue weighted by Crippen LogP contribution is 2.30. The van der Waals surface area contributed by atoms with Gasteiger partial charge in [-0.1, -0.05) is 43.7 Å². The van der Waals surface area contributed by atoms with E-state index in [4.69, 9.17) is 29.6 Å². The summed E-state index contributed by atoms with van der Waals surface area (Å²) in [6, 6.07) is 5.71. The fraction of sp³-hybridized carbons (Fsp3) is 0.300. The predicted octanol–water partition coefficient (Wildman–Crippen LogP) is 3.47. The molecular weight excluding hydrogens is 234 g/mol. The Bertz CT molecular complexity index is 350. The van der Waals surface area contributed by atoms with Crippen molar-refractivity contribution < 1.29 is 0 Å². The molecule has 0 atom stereocenters. The van der Waals surface area contributed by atoms with E-state index in [1.54, 1.807) is 17.8 Å². The van der Waals surface area contributed by atoms with E-state index in [1.807, 2.05) is 12.1 Å². The minimum Gasteiger partial charge on any atom is -0.389 e.